The molecule has 1 unspecified atom stereocenters. The lowest BCUT2D eigenvalue weighted by Gasteiger charge is -2.38. The number of nitrogens with one attached hydrogen (secondary N) is 2. The molecule has 1 aromatic rings. The van der Waals surface area contributed by atoms with Crippen LogP contribution in [0.25, 0.3) is 0 Å². The van der Waals surface area contributed by atoms with E-state index in [1.165, 1.54) is 12.8 Å². The van der Waals surface area contributed by atoms with Gasteiger partial charge in [0, 0.05) is 51.7 Å². The normalized spacial score (nSPS) is 18.0. The molecule has 2 N–H and O–H groups in total. The fourth-order valence-electron chi connectivity index (χ4n) is 4.86. The molecule has 0 bridgehead atoms. The van der Waals surface area contributed by atoms with Crippen molar-refractivity contribution in [1.82, 2.24) is 29.9 Å². The van der Waals surface area contributed by atoms with Crippen molar-refractivity contribution in [3.05, 3.63) is 16.3 Å². The molecular weight excluding hydrogens is 533 g/mol. The number of hydrogen-bond donors (Lipinski definition) is 2. The minimum Gasteiger partial charge on any atom is -0.379 e. The van der Waals surface area contributed by atoms with E-state index in [1.54, 1.807) is 4.68 Å². The topological polar surface area (TPSA) is 88.7 Å². The minimum absolute atomic E-state index is 0. The lowest BCUT2D eigenvalue weighted by Crippen LogP contribution is -2.49. The molecule has 1 atom stereocenters. The summed E-state index contributed by atoms with van der Waals surface area (Å²) in [7, 11) is 0. The Morgan fingerprint density at radius 3 is 2.55 bits per heavy atom. The summed E-state index contributed by atoms with van der Waals surface area (Å²) in [6.07, 6.45) is 6.29. The molecule has 1 saturated heterocycles. The Kier molecular flexibility index (Phi) is 12.8. The van der Waals surface area contributed by atoms with Crippen LogP contribution < -0.4 is 16.3 Å². The molecular formula is C23H44IN7O2. The van der Waals surface area contributed by atoms with E-state index in [1.807, 2.05) is 4.57 Å². The van der Waals surface area contributed by atoms with Gasteiger partial charge in [-0.3, -0.25) is 14.5 Å². The van der Waals surface area contributed by atoms with E-state index < -0.39 is 0 Å². The molecule has 0 aliphatic carbocycles. The summed E-state index contributed by atoms with van der Waals surface area (Å²) in [6, 6.07) is 0.444. The number of guanidine groups is 1. The fraction of sp³-hybridized carbons (Fsp3) is 0.870. The van der Waals surface area contributed by atoms with Crippen molar-refractivity contribution < 1.29 is 4.74 Å². The van der Waals surface area contributed by atoms with Crippen LogP contribution in [0.1, 0.15) is 58.7 Å². The van der Waals surface area contributed by atoms with Crippen LogP contribution in [-0.4, -0.2) is 77.2 Å². The van der Waals surface area contributed by atoms with Gasteiger partial charge in [-0.1, -0.05) is 26.7 Å². The fourth-order valence-corrected chi connectivity index (χ4v) is 4.86. The van der Waals surface area contributed by atoms with Crippen LogP contribution in [-0.2, 0) is 24.2 Å². The molecule has 9 nitrogen and oxygen atoms in total. The van der Waals surface area contributed by atoms with Crippen molar-refractivity contribution in [2.45, 2.75) is 78.4 Å². The Hall–Kier alpha value is -1.14. The number of ether oxygens (including phenoxy) is 1. The first kappa shape index (κ1) is 28.1. The minimum atomic E-state index is 0. The van der Waals surface area contributed by atoms with Gasteiger partial charge in [0.2, 0.25) is 0 Å². The van der Waals surface area contributed by atoms with Gasteiger partial charge < -0.3 is 15.4 Å². The number of morpholine rings is 1. The van der Waals surface area contributed by atoms with Gasteiger partial charge in [-0.05, 0) is 32.1 Å². The Morgan fingerprint density at radius 2 is 1.88 bits per heavy atom. The third-order valence-electron chi connectivity index (χ3n) is 6.76. The van der Waals surface area contributed by atoms with Gasteiger partial charge >= 0.3 is 5.69 Å². The highest BCUT2D eigenvalue weighted by molar-refractivity contribution is 14.0. The quantitative estimate of drug-likeness (QED) is 0.181. The lowest BCUT2D eigenvalue weighted by molar-refractivity contribution is 0.00395. The number of hydrogen-bond acceptors (Lipinski definition) is 5. The Morgan fingerprint density at radius 1 is 1.12 bits per heavy atom. The second kappa shape index (κ2) is 15.0. The molecule has 10 heteroatoms. The Balaban J connectivity index is 0.00000385. The van der Waals surface area contributed by atoms with Crippen LogP contribution in [0, 0.1) is 5.92 Å². The van der Waals surface area contributed by atoms with E-state index in [-0.39, 0.29) is 29.7 Å². The van der Waals surface area contributed by atoms with E-state index in [4.69, 9.17) is 9.73 Å². The Labute approximate surface area is 215 Å². The number of nitrogens with zero attached hydrogens (tertiary/aromatic N) is 5. The van der Waals surface area contributed by atoms with Gasteiger partial charge in [-0.2, -0.15) is 5.10 Å². The molecule has 1 aromatic heterocycles. The summed E-state index contributed by atoms with van der Waals surface area (Å²) in [6.45, 7) is 14.1. The number of aromatic nitrogens is 3. The van der Waals surface area contributed by atoms with Crippen molar-refractivity contribution in [2.75, 3.05) is 45.9 Å². The predicted molar refractivity (Wildman–Crippen MR) is 144 cm³/mol. The lowest BCUT2D eigenvalue weighted by atomic mass is 9.92. The molecule has 33 heavy (non-hydrogen) atoms. The number of rotatable bonds is 11. The summed E-state index contributed by atoms with van der Waals surface area (Å²) in [5.74, 6) is 2.44. The first-order chi connectivity index (χ1) is 15.7. The molecule has 2 aliphatic rings. The van der Waals surface area contributed by atoms with Crippen molar-refractivity contribution in [1.29, 1.82) is 0 Å². The molecule has 1 fully saturated rings. The molecule has 3 rings (SSSR count). The molecule has 0 amide bonds. The van der Waals surface area contributed by atoms with E-state index in [9.17, 15) is 4.79 Å². The van der Waals surface area contributed by atoms with Gasteiger partial charge in [0.1, 0.15) is 5.82 Å². The number of aryl methyl sites for hydroxylation is 2. The standard InChI is InChI=1S/C23H43N7O2.HI/c1-4-19(5-2)20(28-14-16-32-17-15-28)18-26-22(24-6-3)25-11-9-13-30-23(31)29-12-8-7-10-21(29)27-30;/h19-20H,4-18H2,1-3H3,(H2,24,25,26);1H. The first-order valence-electron chi connectivity index (χ1n) is 12.7. The van der Waals surface area contributed by atoms with Crippen LogP contribution >= 0.6 is 24.0 Å². The zero-order chi connectivity index (χ0) is 22.8. The van der Waals surface area contributed by atoms with E-state index in [2.05, 4.69) is 41.4 Å². The molecule has 3 heterocycles. The van der Waals surface area contributed by atoms with Crippen molar-refractivity contribution >= 4 is 29.9 Å². The number of halogens is 1. The van der Waals surface area contributed by atoms with E-state index in [0.717, 1.165) is 89.9 Å². The van der Waals surface area contributed by atoms with Gasteiger partial charge in [-0.25, -0.2) is 9.48 Å². The number of fused-ring (bicyclic) bond motifs is 1. The summed E-state index contributed by atoms with van der Waals surface area (Å²) in [5.41, 5.74) is 0.0406. The van der Waals surface area contributed by atoms with Crippen LogP contribution in [0.5, 0.6) is 0 Å². The number of aliphatic imine (C=N–C) groups is 1. The monoisotopic (exact) mass is 577 g/mol. The van der Waals surface area contributed by atoms with Crippen LogP contribution in [0.4, 0.5) is 0 Å². The van der Waals surface area contributed by atoms with Crippen molar-refractivity contribution in [3.8, 4) is 0 Å². The molecule has 0 radical (unpaired) electrons. The molecule has 190 valence electrons. The highest BCUT2D eigenvalue weighted by Gasteiger charge is 2.26. The average Bonchev–Trinajstić information content (AvgIpc) is 3.15. The maximum absolute atomic E-state index is 12.5. The van der Waals surface area contributed by atoms with Crippen molar-refractivity contribution in [2.24, 2.45) is 10.9 Å². The van der Waals surface area contributed by atoms with Gasteiger partial charge in [0.05, 0.1) is 19.8 Å². The van der Waals surface area contributed by atoms with Gasteiger partial charge in [-0.15, -0.1) is 24.0 Å². The average molecular weight is 578 g/mol. The molecule has 0 spiro atoms. The third kappa shape index (κ3) is 7.95. The van der Waals surface area contributed by atoms with Crippen LogP contribution in [0.3, 0.4) is 0 Å². The largest absolute Gasteiger partial charge is 0.379 e. The molecule has 2 aliphatic heterocycles. The SMILES string of the molecule is CCNC(=NCC(C(CC)CC)N1CCOCC1)NCCCn1nc2n(c1=O)CCCC2.I. The summed E-state index contributed by atoms with van der Waals surface area (Å²) < 4.78 is 9.04. The predicted octanol–water partition coefficient (Wildman–Crippen LogP) is 2.08. The van der Waals surface area contributed by atoms with Crippen molar-refractivity contribution in [3.63, 3.8) is 0 Å². The third-order valence-corrected chi connectivity index (χ3v) is 6.76. The summed E-state index contributed by atoms with van der Waals surface area (Å²) in [4.78, 5) is 20.0. The van der Waals surface area contributed by atoms with E-state index in [0.29, 0.717) is 18.5 Å². The van der Waals surface area contributed by atoms with Crippen LogP contribution in [0.2, 0.25) is 0 Å². The zero-order valence-electron chi connectivity index (χ0n) is 20.7. The second-order valence-electron chi connectivity index (χ2n) is 8.82. The van der Waals surface area contributed by atoms with Gasteiger partial charge in [0.25, 0.3) is 0 Å². The molecule has 0 aromatic carbocycles. The Bertz CT molecular complexity index is 769. The zero-order valence-corrected chi connectivity index (χ0v) is 23.1. The highest BCUT2D eigenvalue weighted by Crippen LogP contribution is 2.20. The van der Waals surface area contributed by atoms with Crippen LogP contribution in [0.15, 0.2) is 9.79 Å². The van der Waals surface area contributed by atoms with Gasteiger partial charge in [0.15, 0.2) is 5.96 Å². The maximum Gasteiger partial charge on any atom is 0.345 e. The summed E-state index contributed by atoms with van der Waals surface area (Å²) >= 11 is 0. The second-order valence-corrected chi connectivity index (χ2v) is 8.82. The van der Waals surface area contributed by atoms with E-state index >= 15 is 0 Å². The first-order valence-corrected chi connectivity index (χ1v) is 12.7. The molecule has 0 saturated carbocycles. The maximum atomic E-state index is 12.5. The smallest absolute Gasteiger partial charge is 0.345 e. The highest BCUT2D eigenvalue weighted by atomic mass is 127. The summed E-state index contributed by atoms with van der Waals surface area (Å²) in [5, 5.41) is 11.4.